The third kappa shape index (κ3) is 2.79. The molecule has 0 saturated heterocycles. The quantitative estimate of drug-likeness (QED) is 0.870. The predicted octanol–water partition coefficient (Wildman–Crippen LogP) is 3.25. The van der Waals surface area contributed by atoms with Gasteiger partial charge in [0.05, 0.1) is 6.61 Å². The molecule has 70 valence electrons. The molecule has 1 rings (SSSR count). The Bertz CT molecular complexity index is 315. The second-order valence-electron chi connectivity index (χ2n) is 2.37. The summed E-state index contributed by atoms with van der Waals surface area (Å²) in [7, 11) is 0. The van der Waals surface area contributed by atoms with Crippen LogP contribution < -0.4 is 0 Å². The van der Waals surface area contributed by atoms with E-state index in [1.165, 1.54) is 18.2 Å². The van der Waals surface area contributed by atoms with Crippen LogP contribution in [-0.4, -0.2) is 11.7 Å². The molecule has 1 aromatic carbocycles. The summed E-state index contributed by atoms with van der Waals surface area (Å²) in [6, 6.07) is 2.82. The fourth-order valence-electron chi connectivity index (χ4n) is 0.883. The Balaban J connectivity index is 3.13. The minimum Gasteiger partial charge on any atom is -0.392 e. The van der Waals surface area contributed by atoms with Gasteiger partial charge in [0.15, 0.2) is 0 Å². The molecule has 0 bridgehead atoms. The first-order valence-electron chi connectivity index (χ1n) is 3.57. The molecular formula is C9H7BrClFO. The molecule has 4 heteroatoms. The zero-order chi connectivity index (χ0) is 9.84. The average Bonchev–Trinajstić information content (AvgIpc) is 2.02. The maximum atomic E-state index is 13.2. The summed E-state index contributed by atoms with van der Waals surface area (Å²) in [5.74, 6) is -0.413. The highest BCUT2D eigenvalue weighted by atomic mass is 79.9. The van der Waals surface area contributed by atoms with E-state index >= 15 is 0 Å². The Morgan fingerprint density at radius 3 is 2.77 bits per heavy atom. The predicted molar refractivity (Wildman–Crippen MR) is 55.2 cm³/mol. The van der Waals surface area contributed by atoms with E-state index in [4.69, 9.17) is 16.7 Å². The fourth-order valence-corrected chi connectivity index (χ4v) is 1.79. The summed E-state index contributed by atoms with van der Waals surface area (Å²) < 4.78 is 13.8. The number of benzene rings is 1. The highest BCUT2D eigenvalue weighted by molar-refractivity contribution is 9.10. The van der Waals surface area contributed by atoms with E-state index in [1.54, 1.807) is 6.07 Å². The second-order valence-corrected chi connectivity index (χ2v) is 3.66. The van der Waals surface area contributed by atoms with Gasteiger partial charge in [-0.05, 0) is 12.1 Å². The minimum atomic E-state index is -0.413. The van der Waals surface area contributed by atoms with Crippen LogP contribution in [0, 0.1) is 5.82 Å². The van der Waals surface area contributed by atoms with E-state index in [0.29, 0.717) is 15.1 Å². The van der Waals surface area contributed by atoms with Gasteiger partial charge in [-0.3, -0.25) is 0 Å². The third-order valence-electron chi connectivity index (χ3n) is 1.43. The number of rotatable bonds is 2. The first-order valence-corrected chi connectivity index (χ1v) is 4.74. The van der Waals surface area contributed by atoms with Crippen molar-refractivity contribution in [3.05, 3.63) is 39.1 Å². The maximum Gasteiger partial charge on any atom is 0.133 e. The van der Waals surface area contributed by atoms with Gasteiger partial charge in [-0.1, -0.05) is 39.7 Å². The van der Waals surface area contributed by atoms with Crippen LogP contribution in [0.1, 0.15) is 5.56 Å². The van der Waals surface area contributed by atoms with Gasteiger partial charge in [0.2, 0.25) is 0 Å². The normalized spacial score (nSPS) is 11.1. The van der Waals surface area contributed by atoms with Gasteiger partial charge in [-0.15, -0.1) is 0 Å². The standard InChI is InChI=1S/C9H7BrClFO/c10-8-4-6(11)5-9(12)7(8)2-1-3-13/h1-2,4-5,13H,3H2. The van der Waals surface area contributed by atoms with Gasteiger partial charge in [0, 0.05) is 15.1 Å². The summed E-state index contributed by atoms with van der Waals surface area (Å²) in [5, 5.41) is 8.85. The molecule has 0 aliphatic heterocycles. The van der Waals surface area contributed by atoms with Gasteiger partial charge in [0.1, 0.15) is 5.82 Å². The van der Waals surface area contributed by atoms with E-state index in [2.05, 4.69) is 15.9 Å². The molecule has 0 unspecified atom stereocenters. The molecule has 1 nitrogen and oxygen atoms in total. The Morgan fingerprint density at radius 1 is 1.54 bits per heavy atom. The molecule has 0 fully saturated rings. The minimum absolute atomic E-state index is 0.117. The van der Waals surface area contributed by atoms with Crippen LogP contribution >= 0.6 is 27.5 Å². The van der Waals surface area contributed by atoms with E-state index in [9.17, 15) is 4.39 Å². The van der Waals surface area contributed by atoms with Crippen molar-refractivity contribution in [2.45, 2.75) is 0 Å². The lowest BCUT2D eigenvalue weighted by atomic mass is 10.2. The van der Waals surface area contributed by atoms with Crippen LogP contribution in [0.4, 0.5) is 4.39 Å². The summed E-state index contributed by atoms with van der Waals surface area (Å²) in [4.78, 5) is 0. The monoisotopic (exact) mass is 264 g/mol. The molecule has 0 spiro atoms. The van der Waals surface area contributed by atoms with E-state index < -0.39 is 5.82 Å². The molecule has 0 amide bonds. The molecule has 1 aromatic rings. The Kier molecular flexibility index (Phi) is 3.90. The smallest absolute Gasteiger partial charge is 0.133 e. The largest absolute Gasteiger partial charge is 0.392 e. The first kappa shape index (κ1) is 10.7. The number of hydrogen-bond acceptors (Lipinski definition) is 1. The van der Waals surface area contributed by atoms with Gasteiger partial charge in [0.25, 0.3) is 0 Å². The molecule has 0 saturated carbocycles. The molecule has 1 N–H and O–H groups in total. The Morgan fingerprint density at radius 2 is 2.23 bits per heavy atom. The Labute approximate surface area is 89.0 Å². The van der Waals surface area contributed by atoms with E-state index in [-0.39, 0.29) is 6.61 Å². The third-order valence-corrected chi connectivity index (χ3v) is 2.31. The molecule has 0 aliphatic rings. The zero-order valence-corrected chi connectivity index (χ0v) is 8.94. The molecule has 13 heavy (non-hydrogen) atoms. The second kappa shape index (κ2) is 4.74. The first-order chi connectivity index (χ1) is 6.15. The number of halogens is 3. The van der Waals surface area contributed by atoms with Crippen molar-refractivity contribution in [3.8, 4) is 0 Å². The summed E-state index contributed by atoms with van der Waals surface area (Å²) in [5.41, 5.74) is 0.387. The topological polar surface area (TPSA) is 20.2 Å². The van der Waals surface area contributed by atoms with E-state index in [1.807, 2.05) is 0 Å². The van der Waals surface area contributed by atoms with Crippen molar-refractivity contribution in [1.82, 2.24) is 0 Å². The number of aliphatic hydroxyl groups excluding tert-OH is 1. The fraction of sp³-hybridized carbons (Fsp3) is 0.111. The van der Waals surface area contributed by atoms with Crippen molar-refractivity contribution in [2.24, 2.45) is 0 Å². The summed E-state index contributed by atoms with van der Waals surface area (Å²) in [6.07, 6.45) is 2.95. The molecule has 0 aliphatic carbocycles. The highest BCUT2D eigenvalue weighted by Crippen LogP contribution is 2.25. The lowest BCUT2D eigenvalue weighted by Crippen LogP contribution is -1.85. The van der Waals surface area contributed by atoms with Crippen molar-refractivity contribution in [2.75, 3.05) is 6.61 Å². The van der Waals surface area contributed by atoms with Crippen LogP contribution in [-0.2, 0) is 0 Å². The van der Waals surface area contributed by atoms with Gasteiger partial charge >= 0.3 is 0 Å². The highest BCUT2D eigenvalue weighted by Gasteiger charge is 2.04. The summed E-state index contributed by atoms with van der Waals surface area (Å²) >= 11 is 8.78. The van der Waals surface area contributed by atoms with Crippen LogP contribution in [0.2, 0.25) is 5.02 Å². The van der Waals surface area contributed by atoms with Crippen LogP contribution in [0.15, 0.2) is 22.7 Å². The number of hydrogen-bond donors (Lipinski definition) is 1. The lowest BCUT2D eigenvalue weighted by molar-refractivity contribution is 0.343. The number of aliphatic hydroxyl groups is 1. The van der Waals surface area contributed by atoms with Gasteiger partial charge < -0.3 is 5.11 Å². The SMILES string of the molecule is OCC=Cc1c(F)cc(Cl)cc1Br. The van der Waals surface area contributed by atoms with Crippen LogP contribution in [0.25, 0.3) is 6.08 Å². The van der Waals surface area contributed by atoms with Crippen LogP contribution in [0.3, 0.4) is 0 Å². The molecule has 0 heterocycles. The maximum absolute atomic E-state index is 13.2. The van der Waals surface area contributed by atoms with Crippen molar-refractivity contribution >= 4 is 33.6 Å². The molecule has 0 atom stereocenters. The van der Waals surface area contributed by atoms with Crippen molar-refractivity contribution in [3.63, 3.8) is 0 Å². The zero-order valence-electron chi connectivity index (χ0n) is 6.60. The van der Waals surface area contributed by atoms with Gasteiger partial charge in [-0.25, -0.2) is 4.39 Å². The molecule has 0 aromatic heterocycles. The average molecular weight is 266 g/mol. The summed E-state index contributed by atoms with van der Waals surface area (Å²) in [6.45, 7) is -0.117. The van der Waals surface area contributed by atoms with Gasteiger partial charge in [-0.2, -0.15) is 0 Å². The van der Waals surface area contributed by atoms with Crippen molar-refractivity contribution < 1.29 is 9.50 Å². The molecule has 0 radical (unpaired) electrons. The molecular weight excluding hydrogens is 258 g/mol. The van der Waals surface area contributed by atoms with Crippen LogP contribution in [0.5, 0.6) is 0 Å². The Hall–Kier alpha value is -0.380. The van der Waals surface area contributed by atoms with Crippen molar-refractivity contribution in [1.29, 1.82) is 0 Å². The van der Waals surface area contributed by atoms with E-state index in [0.717, 1.165) is 0 Å². The lowest BCUT2D eigenvalue weighted by Gasteiger charge is -2.01.